The Morgan fingerprint density at radius 3 is 2.67 bits per heavy atom. The van der Waals surface area contributed by atoms with Crippen LogP contribution in [-0.2, 0) is 4.74 Å². The fourth-order valence-corrected chi connectivity index (χ4v) is 2.28. The summed E-state index contributed by atoms with van der Waals surface area (Å²) in [7, 11) is 2.08. The molecule has 1 aromatic rings. The Labute approximate surface area is 108 Å². The smallest absolute Gasteiger partial charge is 0.340 e. The monoisotopic (exact) mass is 248 g/mol. The summed E-state index contributed by atoms with van der Waals surface area (Å²) in [6.07, 6.45) is 1.81. The van der Waals surface area contributed by atoms with Gasteiger partial charge in [-0.05, 0) is 38.4 Å². The molecule has 0 aromatic heterocycles. The minimum absolute atomic E-state index is 0.0210. The fraction of sp³-hybridized carbons (Fsp3) is 0.500. The second-order valence-electron chi connectivity index (χ2n) is 4.95. The van der Waals surface area contributed by atoms with Crippen LogP contribution in [0.25, 0.3) is 0 Å². The molecule has 0 atom stereocenters. The van der Waals surface area contributed by atoms with Crippen molar-refractivity contribution in [3.05, 3.63) is 29.3 Å². The van der Waals surface area contributed by atoms with E-state index in [0.29, 0.717) is 11.3 Å². The van der Waals surface area contributed by atoms with Crippen LogP contribution >= 0.6 is 0 Å². The number of hydrogen-bond acceptors (Lipinski definition) is 4. The van der Waals surface area contributed by atoms with Gasteiger partial charge >= 0.3 is 5.97 Å². The molecule has 1 saturated heterocycles. The number of esters is 1. The lowest BCUT2D eigenvalue weighted by Crippen LogP contribution is -2.35. The van der Waals surface area contributed by atoms with Gasteiger partial charge in [0, 0.05) is 18.8 Å². The number of likely N-dealkylation sites (tertiary alicyclic amines) is 1. The minimum atomic E-state index is -0.292. The number of carbonyl (C=O) groups excluding carboxylic acids is 1. The van der Waals surface area contributed by atoms with Crippen LogP contribution in [0.4, 0.5) is 5.69 Å². The molecule has 4 heteroatoms. The lowest BCUT2D eigenvalue weighted by atomic mass is 10.1. The van der Waals surface area contributed by atoms with Gasteiger partial charge in [-0.15, -0.1) is 0 Å². The molecule has 98 valence electrons. The molecule has 0 spiro atoms. The van der Waals surface area contributed by atoms with Gasteiger partial charge < -0.3 is 15.4 Å². The van der Waals surface area contributed by atoms with E-state index in [1.165, 1.54) is 0 Å². The van der Waals surface area contributed by atoms with E-state index in [4.69, 9.17) is 10.5 Å². The Kier molecular flexibility index (Phi) is 3.87. The van der Waals surface area contributed by atoms with Gasteiger partial charge in [-0.1, -0.05) is 12.1 Å². The van der Waals surface area contributed by atoms with Crippen LogP contribution in [0, 0.1) is 6.92 Å². The first-order valence-electron chi connectivity index (χ1n) is 6.32. The largest absolute Gasteiger partial charge is 0.459 e. The second kappa shape index (κ2) is 5.40. The van der Waals surface area contributed by atoms with Crippen molar-refractivity contribution in [3.8, 4) is 0 Å². The quantitative estimate of drug-likeness (QED) is 0.641. The van der Waals surface area contributed by atoms with Gasteiger partial charge in [-0.2, -0.15) is 0 Å². The molecule has 0 radical (unpaired) electrons. The van der Waals surface area contributed by atoms with E-state index in [0.717, 1.165) is 31.5 Å². The number of piperidine rings is 1. The third-order valence-corrected chi connectivity index (χ3v) is 3.45. The van der Waals surface area contributed by atoms with Crippen molar-refractivity contribution < 1.29 is 9.53 Å². The van der Waals surface area contributed by atoms with Crippen LogP contribution in [0.5, 0.6) is 0 Å². The Balaban J connectivity index is 2.04. The molecular formula is C14H20N2O2. The molecule has 1 fully saturated rings. The number of nitrogens with two attached hydrogens (primary N) is 1. The van der Waals surface area contributed by atoms with Crippen molar-refractivity contribution in [2.45, 2.75) is 25.9 Å². The van der Waals surface area contributed by atoms with E-state index in [1.807, 2.05) is 19.1 Å². The molecule has 1 aliphatic rings. The van der Waals surface area contributed by atoms with Crippen LogP contribution in [0.2, 0.25) is 0 Å². The van der Waals surface area contributed by atoms with Gasteiger partial charge in [0.25, 0.3) is 0 Å². The first kappa shape index (κ1) is 12.9. The SMILES string of the molecule is Cc1cccc(N)c1C(=O)OC1CCN(C)CC1. The van der Waals surface area contributed by atoms with E-state index in [9.17, 15) is 4.79 Å². The molecule has 1 aromatic carbocycles. The average molecular weight is 248 g/mol. The third-order valence-electron chi connectivity index (χ3n) is 3.45. The molecule has 18 heavy (non-hydrogen) atoms. The number of nitrogens with zero attached hydrogens (tertiary/aromatic N) is 1. The maximum atomic E-state index is 12.1. The zero-order chi connectivity index (χ0) is 13.1. The predicted molar refractivity (Wildman–Crippen MR) is 71.5 cm³/mol. The first-order valence-corrected chi connectivity index (χ1v) is 6.32. The number of ether oxygens (including phenoxy) is 1. The molecule has 0 amide bonds. The topological polar surface area (TPSA) is 55.6 Å². The van der Waals surface area contributed by atoms with Crippen LogP contribution < -0.4 is 5.73 Å². The van der Waals surface area contributed by atoms with Gasteiger partial charge in [0.15, 0.2) is 0 Å². The van der Waals surface area contributed by atoms with Crippen LogP contribution in [0.3, 0.4) is 0 Å². The molecule has 4 nitrogen and oxygen atoms in total. The van der Waals surface area contributed by atoms with Crippen LogP contribution in [0.1, 0.15) is 28.8 Å². The molecule has 2 N–H and O–H groups in total. The lowest BCUT2D eigenvalue weighted by Gasteiger charge is -2.28. The van der Waals surface area contributed by atoms with E-state index in [2.05, 4.69) is 11.9 Å². The molecule has 0 unspecified atom stereocenters. The fourth-order valence-electron chi connectivity index (χ4n) is 2.28. The number of nitrogen functional groups attached to an aromatic ring is 1. The highest BCUT2D eigenvalue weighted by molar-refractivity contribution is 5.96. The normalized spacial score (nSPS) is 17.7. The summed E-state index contributed by atoms with van der Waals surface area (Å²) in [5.41, 5.74) is 7.71. The summed E-state index contributed by atoms with van der Waals surface area (Å²) in [4.78, 5) is 14.4. The summed E-state index contributed by atoms with van der Waals surface area (Å²) in [6.45, 7) is 3.82. The van der Waals surface area contributed by atoms with Crippen molar-refractivity contribution in [2.75, 3.05) is 25.9 Å². The summed E-state index contributed by atoms with van der Waals surface area (Å²) in [5.74, 6) is -0.292. The number of carbonyl (C=O) groups is 1. The molecule has 1 aliphatic heterocycles. The molecule has 0 saturated carbocycles. The Morgan fingerprint density at radius 1 is 1.39 bits per heavy atom. The summed E-state index contributed by atoms with van der Waals surface area (Å²) in [6, 6.07) is 5.46. The summed E-state index contributed by atoms with van der Waals surface area (Å²) < 4.78 is 5.54. The van der Waals surface area contributed by atoms with Crippen molar-refractivity contribution in [3.63, 3.8) is 0 Å². The molecule has 1 heterocycles. The van der Waals surface area contributed by atoms with Crippen molar-refractivity contribution in [1.29, 1.82) is 0 Å². The van der Waals surface area contributed by atoms with Gasteiger partial charge in [0.05, 0.1) is 5.56 Å². The summed E-state index contributed by atoms with van der Waals surface area (Å²) >= 11 is 0. The van der Waals surface area contributed by atoms with Crippen LogP contribution in [-0.4, -0.2) is 37.1 Å². The number of hydrogen-bond donors (Lipinski definition) is 1. The molecule has 0 bridgehead atoms. The van der Waals surface area contributed by atoms with Gasteiger partial charge in [-0.25, -0.2) is 4.79 Å². The van der Waals surface area contributed by atoms with Gasteiger partial charge in [0.1, 0.15) is 6.10 Å². The number of benzene rings is 1. The minimum Gasteiger partial charge on any atom is -0.459 e. The number of aryl methyl sites for hydroxylation is 1. The molecule has 2 rings (SSSR count). The van der Waals surface area contributed by atoms with E-state index >= 15 is 0 Å². The summed E-state index contributed by atoms with van der Waals surface area (Å²) in [5, 5.41) is 0. The lowest BCUT2D eigenvalue weighted by molar-refractivity contribution is 0.0140. The van der Waals surface area contributed by atoms with Crippen molar-refractivity contribution >= 4 is 11.7 Å². The van der Waals surface area contributed by atoms with E-state index in [-0.39, 0.29) is 12.1 Å². The Morgan fingerprint density at radius 2 is 2.06 bits per heavy atom. The second-order valence-corrected chi connectivity index (χ2v) is 4.95. The highest BCUT2D eigenvalue weighted by Crippen LogP contribution is 2.20. The maximum Gasteiger partial charge on any atom is 0.340 e. The maximum absolute atomic E-state index is 12.1. The Hall–Kier alpha value is -1.55. The molecule has 0 aliphatic carbocycles. The zero-order valence-corrected chi connectivity index (χ0v) is 11.0. The zero-order valence-electron chi connectivity index (χ0n) is 11.0. The highest BCUT2D eigenvalue weighted by Gasteiger charge is 2.22. The van der Waals surface area contributed by atoms with Crippen LogP contribution in [0.15, 0.2) is 18.2 Å². The number of rotatable bonds is 2. The highest BCUT2D eigenvalue weighted by atomic mass is 16.5. The van der Waals surface area contributed by atoms with Crippen molar-refractivity contribution in [2.24, 2.45) is 0 Å². The standard InChI is InChI=1S/C14H20N2O2/c1-10-4-3-5-12(15)13(10)14(17)18-11-6-8-16(2)9-7-11/h3-5,11H,6-9,15H2,1-2H3. The first-order chi connectivity index (χ1) is 8.58. The predicted octanol–water partition coefficient (Wildman–Crippen LogP) is 1.83. The van der Waals surface area contributed by atoms with E-state index in [1.54, 1.807) is 6.07 Å². The number of anilines is 1. The van der Waals surface area contributed by atoms with Gasteiger partial charge in [0.2, 0.25) is 0 Å². The molecular weight excluding hydrogens is 228 g/mol. The average Bonchev–Trinajstić information content (AvgIpc) is 2.32. The third kappa shape index (κ3) is 2.82. The Bertz CT molecular complexity index is 417. The van der Waals surface area contributed by atoms with Gasteiger partial charge in [-0.3, -0.25) is 0 Å². The van der Waals surface area contributed by atoms with Crippen molar-refractivity contribution in [1.82, 2.24) is 4.90 Å². The van der Waals surface area contributed by atoms with E-state index < -0.39 is 0 Å².